The first-order valence-electron chi connectivity index (χ1n) is 19.3. The van der Waals surface area contributed by atoms with Crippen LogP contribution in [0.15, 0.2) is 54.0 Å². The molecule has 6 heterocycles. The van der Waals surface area contributed by atoms with Crippen LogP contribution in [-0.2, 0) is 41.5 Å². The van der Waals surface area contributed by atoms with Crippen LogP contribution < -0.4 is 16.2 Å². The first kappa shape index (κ1) is 44.7. The van der Waals surface area contributed by atoms with Crippen LogP contribution in [0.1, 0.15) is 62.4 Å². The molecule has 2 aliphatic heterocycles. The molecule has 330 valence electrons. The van der Waals surface area contributed by atoms with Gasteiger partial charge in [0.05, 0.1) is 57.0 Å². The third-order valence-electron chi connectivity index (χ3n) is 10.3. The van der Waals surface area contributed by atoms with Gasteiger partial charge in [-0.1, -0.05) is 45.9 Å². The van der Waals surface area contributed by atoms with Crippen LogP contribution in [-0.4, -0.2) is 105 Å². The minimum atomic E-state index is -4.76. The second-order valence-corrected chi connectivity index (χ2v) is 17.1. The monoisotopic (exact) mass is 899 g/mol. The third-order valence-corrected chi connectivity index (χ3v) is 12.2. The van der Waals surface area contributed by atoms with Crippen LogP contribution in [0.25, 0.3) is 16.8 Å². The Labute approximate surface area is 352 Å². The smallest absolute Gasteiger partial charge is 0.394 e. The summed E-state index contributed by atoms with van der Waals surface area (Å²) in [6, 6.07) is 10.3. The fourth-order valence-corrected chi connectivity index (χ4v) is 9.09. The number of benzene rings is 1. The number of amides is 2. The van der Waals surface area contributed by atoms with Crippen molar-refractivity contribution in [3.63, 3.8) is 0 Å². The highest BCUT2D eigenvalue weighted by Gasteiger charge is 2.50. The first-order valence-corrected chi connectivity index (χ1v) is 22.0. The molecular weight excluding hydrogens is 856 g/mol. The number of rotatable bonds is 17. The van der Waals surface area contributed by atoms with Crippen molar-refractivity contribution in [3.05, 3.63) is 70.7 Å². The summed E-state index contributed by atoms with van der Waals surface area (Å²) in [5.74, 6) is -2.81. The summed E-state index contributed by atoms with van der Waals surface area (Å²) in [6.45, 7) is 5.13. The number of fused-ring (bicyclic) bond motifs is 2. The molecule has 26 heteroatoms. The Hall–Kier alpha value is -5.31. The molecule has 0 saturated carbocycles. The molecule has 0 spiro atoms. The van der Waals surface area contributed by atoms with E-state index in [0.29, 0.717) is 11.1 Å². The van der Waals surface area contributed by atoms with Crippen molar-refractivity contribution in [2.75, 3.05) is 30.5 Å². The molecule has 2 fully saturated rings. The predicted molar refractivity (Wildman–Crippen MR) is 214 cm³/mol. The second-order valence-electron chi connectivity index (χ2n) is 14.7. The van der Waals surface area contributed by atoms with Crippen LogP contribution in [0.2, 0.25) is 0 Å². The topological polar surface area (TPSA) is 319 Å². The van der Waals surface area contributed by atoms with Gasteiger partial charge in [0.25, 0.3) is 11.5 Å². The number of anilines is 2. The highest BCUT2D eigenvalue weighted by molar-refractivity contribution is 7.48. The Morgan fingerprint density at radius 3 is 2.55 bits per heavy atom. The number of hydrogen-bond acceptors (Lipinski definition) is 18. The summed E-state index contributed by atoms with van der Waals surface area (Å²) in [5, 5.41) is 29.1. The minimum Gasteiger partial charge on any atom is -0.394 e. The summed E-state index contributed by atoms with van der Waals surface area (Å²) in [5.41, 5.74) is 0.174. The van der Waals surface area contributed by atoms with E-state index in [1.165, 1.54) is 27.9 Å². The Morgan fingerprint density at radius 2 is 1.84 bits per heavy atom. The van der Waals surface area contributed by atoms with E-state index in [9.17, 15) is 38.8 Å². The maximum atomic E-state index is 14.6. The van der Waals surface area contributed by atoms with Gasteiger partial charge in [0.1, 0.15) is 24.6 Å². The highest BCUT2D eigenvalue weighted by Crippen LogP contribution is 2.56. The number of carbonyl (C=O) groups excluding carboxylic acids is 2. The van der Waals surface area contributed by atoms with E-state index in [1.54, 1.807) is 58.0 Å². The molecule has 0 aliphatic carbocycles. The number of aliphatic hydroxyl groups excluding tert-OH is 1. The highest BCUT2D eigenvalue weighted by atomic mass is 31.2. The van der Waals surface area contributed by atoms with Gasteiger partial charge >= 0.3 is 16.1 Å². The summed E-state index contributed by atoms with van der Waals surface area (Å²) in [4.78, 5) is 67.8. The molecule has 2 unspecified atom stereocenters. The minimum absolute atomic E-state index is 0.0411. The average molecular weight is 900 g/mol. The number of hydrogen-bond donors (Lipinski definition) is 5. The number of phosphoric acid groups is 1. The molecule has 2 aliphatic rings. The normalized spacial score (nSPS) is 25.2. The SMILES string of the molecule is CC(C)C(=O)Nc1nc2c(ncn2[C@@H]2O[C@H](CO)[C@@H](C)[C@H]2OP(=O)(OCCC#N)OC[C@H]2O[C@@H](c3cnn4c(NC(=O)c5ccccc5)ncnc34)[C@H](C)[C@@H]2O[PH](=O)O)c(=O)[nH]1. The van der Waals surface area contributed by atoms with Crippen LogP contribution in [0, 0.1) is 29.1 Å². The lowest BCUT2D eigenvalue weighted by atomic mass is 9.95. The lowest BCUT2D eigenvalue weighted by Crippen LogP contribution is -2.32. The Balaban J connectivity index is 1.15. The van der Waals surface area contributed by atoms with Crippen molar-refractivity contribution in [1.82, 2.24) is 39.1 Å². The number of aromatic amines is 1. The van der Waals surface area contributed by atoms with E-state index in [-0.39, 0.29) is 35.1 Å². The number of ether oxygens (including phenoxy) is 2. The number of imidazole rings is 1. The van der Waals surface area contributed by atoms with Gasteiger partial charge in [0.15, 0.2) is 23.0 Å². The van der Waals surface area contributed by atoms with Crippen molar-refractivity contribution in [3.8, 4) is 6.07 Å². The average Bonchev–Trinajstić information content (AvgIpc) is 4.02. The van der Waals surface area contributed by atoms with Crippen molar-refractivity contribution in [2.24, 2.45) is 17.8 Å². The quantitative estimate of drug-likeness (QED) is 0.0661. The van der Waals surface area contributed by atoms with Gasteiger partial charge in [-0.3, -0.25) is 52.7 Å². The van der Waals surface area contributed by atoms with Crippen LogP contribution in [0.3, 0.4) is 0 Å². The maximum absolute atomic E-state index is 14.6. The molecule has 7 rings (SSSR count). The van der Waals surface area contributed by atoms with E-state index < -0.39 is 108 Å². The van der Waals surface area contributed by atoms with E-state index >= 15 is 0 Å². The Kier molecular flexibility index (Phi) is 13.7. The number of carbonyl (C=O) groups is 2. The van der Waals surface area contributed by atoms with Crippen LogP contribution in [0.4, 0.5) is 11.9 Å². The van der Waals surface area contributed by atoms with Crippen molar-refractivity contribution in [1.29, 1.82) is 5.26 Å². The Bertz CT molecular complexity index is 2600. The number of aromatic nitrogens is 8. The number of nitrogens with one attached hydrogen (secondary N) is 3. The summed E-state index contributed by atoms with van der Waals surface area (Å²) in [6.07, 6.45) is -2.96. The molecule has 62 heavy (non-hydrogen) atoms. The molecule has 2 saturated heterocycles. The lowest BCUT2D eigenvalue weighted by molar-refractivity contribution is -0.118. The number of nitriles is 1. The number of aliphatic hydroxyl groups is 1. The summed E-state index contributed by atoms with van der Waals surface area (Å²) >= 11 is 0. The number of nitrogens with zero attached hydrogens (tertiary/aromatic N) is 8. The van der Waals surface area contributed by atoms with Crippen molar-refractivity contribution >= 4 is 56.6 Å². The second kappa shape index (κ2) is 19.0. The van der Waals surface area contributed by atoms with Gasteiger partial charge < -0.3 is 24.0 Å². The van der Waals surface area contributed by atoms with Crippen LogP contribution >= 0.6 is 16.1 Å². The van der Waals surface area contributed by atoms with Gasteiger partial charge in [0, 0.05) is 28.9 Å². The van der Waals surface area contributed by atoms with E-state index in [1.807, 2.05) is 6.07 Å². The van der Waals surface area contributed by atoms with Crippen molar-refractivity contribution < 1.29 is 56.3 Å². The Morgan fingerprint density at radius 1 is 1.06 bits per heavy atom. The summed E-state index contributed by atoms with van der Waals surface area (Å²) in [7, 11) is -8.34. The molecule has 1 aromatic carbocycles. The van der Waals surface area contributed by atoms with E-state index in [4.69, 9.17) is 27.6 Å². The molecule has 10 atom stereocenters. The van der Waals surface area contributed by atoms with E-state index in [2.05, 4.69) is 40.7 Å². The standard InChI is InChI=1S/C36H43N11O13P2/c1-18(2)31(49)43-35-42-30-25(33(51)44-35)40-17-46(30)34-28(19(3)23(14-48)58-34)60-62(54,55-12-8-11-37)56-15-24-27(59-61(52)53)20(4)26(57-24)22-13-41-47-29(22)38-16-39-36(47)45-32(50)21-9-6-5-7-10-21/h5-7,9-10,13,16-20,23-24,26-28,34,48,61H,8,12,14-15H2,1-4H3,(H,52,53)(H,38,39,45,50)(H2,42,43,44,49,51)/t19-,20+,23-,24-,26-,27+,28-,34-,62?/m1/s1. The zero-order chi connectivity index (χ0) is 44.3. The van der Waals surface area contributed by atoms with Gasteiger partial charge in [-0.15, -0.1) is 0 Å². The third kappa shape index (κ3) is 9.37. The molecule has 0 radical (unpaired) electrons. The molecule has 4 aromatic heterocycles. The van der Waals surface area contributed by atoms with Gasteiger partial charge in [0.2, 0.25) is 17.8 Å². The van der Waals surface area contributed by atoms with Gasteiger partial charge in [-0.2, -0.15) is 19.9 Å². The molecular formula is C36H43N11O13P2. The molecule has 5 N–H and O–H groups in total. The van der Waals surface area contributed by atoms with E-state index in [0.717, 1.165) is 0 Å². The largest absolute Gasteiger partial charge is 0.475 e. The molecule has 5 aromatic rings. The molecule has 0 bridgehead atoms. The summed E-state index contributed by atoms with van der Waals surface area (Å²) < 4.78 is 65.0. The fraction of sp³-hybridized carbons (Fsp3) is 0.472. The van der Waals surface area contributed by atoms with Crippen LogP contribution in [0.5, 0.6) is 0 Å². The van der Waals surface area contributed by atoms with Crippen molar-refractivity contribution in [2.45, 2.75) is 70.9 Å². The molecule has 2 amide bonds. The first-order chi connectivity index (χ1) is 29.7. The number of phosphoric ester groups is 1. The van der Waals surface area contributed by atoms with Gasteiger partial charge in [-0.25, -0.2) is 19.5 Å². The maximum Gasteiger partial charge on any atom is 0.475 e. The molecule has 24 nitrogen and oxygen atoms in total. The predicted octanol–water partition coefficient (Wildman–Crippen LogP) is 2.91. The zero-order valence-electron chi connectivity index (χ0n) is 33.6. The van der Waals surface area contributed by atoms with Gasteiger partial charge in [-0.05, 0) is 12.1 Å². The lowest BCUT2D eigenvalue weighted by Gasteiger charge is -2.28. The number of H-pyrrole nitrogens is 1. The fourth-order valence-electron chi connectivity index (χ4n) is 7.05. The zero-order valence-corrected chi connectivity index (χ0v) is 35.4.